The Morgan fingerprint density at radius 2 is 1.84 bits per heavy atom. The smallest absolute Gasteiger partial charge is 0.346 e. The van der Waals surface area contributed by atoms with Crippen molar-refractivity contribution >= 4 is 11.8 Å². The standard InChI is InChI=1S/C11H18F3N3O2/c1-8(10(19)17-4-2-3-5-17)15-6-9(18)16-7-11(12,13)14/h8,15H,2-7H2,1H3,(H,16,18). The van der Waals surface area contributed by atoms with Crippen LogP contribution in [0.1, 0.15) is 19.8 Å². The molecule has 1 aliphatic heterocycles. The number of amides is 2. The van der Waals surface area contributed by atoms with Crippen molar-refractivity contribution in [1.29, 1.82) is 0 Å². The number of likely N-dealkylation sites (tertiary alicyclic amines) is 1. The highest BCUT2D eigenvalue weighted by Crippen LogP contribution is 2.12. The van der Waals surface area contributed by atoms with E-state index in [2.05, 4.69) is 5.32 Å². The molecule has 0 bridgehead atoms. The Hall–Kier alpha value is -1.31. The molecule has 0 spiro atoms. The van der Waals surface area contributed by atoms with Crippen molar-refractivity contribution in [2.45, 2.75) is 32.0 Å². The highest BCUT2D eigenvalue weighted by atomic mass is 19.4. The number of carbonyl (C=O) groups is 2. The SMILES string of the molecule is CC(NCC(=O)NCC(F)(F)F)C(=O)N1CCCC1. The fourth-order valence-corrected chi connectivity index (χ4v) is 1.81. The van der Waals surface area contributed by atoms with E-state index in [1.165, 1.54) is 0 Å². The van der Waals surface area contributed by atoms with E-state index in [0.717, 1.165) is 12.8 Å². The molecule has 1 rings (SSSR count). The summed E-state index contributed by atoms with van der Waals surface area (Å²) in [4.78, 5) is 24.7. The third-order valence-electron chi connectivity index (χ3n) is 2.84. The number of hydrogen-bond donors (Lipinski definition) is 2. The highest BCUT2D eigenvalue weighted by molar-refractivity contribution is 5.83. The summed E-state index contributed by atoms with van der Waals surface area (Å²) >= 11 is 0. The minimum absolute atomic E-state index is 0.124. The average molecular weight is 281 g/mol. The predicted molar refractivity (Wildman–Crippen MR) is 62.3 cm³/mol. The van der Waals surface area contributed by atoms with E-state index in [9.17, 15) is 22.8 Å². The molecule has 0 aliphatic carbocycles. The van der Waals surface area contributed by atoms with Gasteiger partial charge in [0, 0.05) is 13.1 Å². The van der Waals surface area contributed by atoms with Crippen LogP contribution in [0, 0.1) is 0 Å². The molecule has 0 aromatic carbocycles. The van der Waals surface area contributed by atoms with Crippen molar-refractivity contribution in [3.05, 3.63) is 0 Å². The first-order valence-electron chi connectivity index (χ1n) is 6.15. The summed E-state index contributed by atoms with van der Waals surface area (Å²) < 4.78 is 35.6. The topological polar surface area (TPSA) is 61.4 Å². The van der Waals surface area contributed by atoms with Gasteiger partial charge in [-0.05, 0) is 19.8 Å². The number of nitrogens with one attached hydrogen (secondary N) is 2. The molecule has 1 atom stereocenters. The zero-order chi connectivity index (χ0) is 14.5. The van der Waals surface area contributed by atoms with Crippen LogP contribution < -0.4 is 10.6 Å². The molecule has 8 heteroatoms. The van der Waals surface area contributed by atoms with Crippen molar-refractivity contribution in [1.82, 2.24) is 15.5 Å². The molecule has 0 radical (unpaired) electrons. The van der Waals surface area contributed by atoms with Gasteiger partial charge < -0.3 is 10.2 Å². The van der Waals surface area contributed by atoms with E-state index >= 15 is 0 Å². The van der Waals surface area contributed by atoms with Crippen LogP contribution in [0.5, 0.6) is 0 Å². The second-order valence-corrected chi connectivity index (χ2v) is 4.53. The van der Waals surface area contributed by atoms with Gasteiger partial charge in [0.2, 0.25) is 11.8 Å². The first-order chi connectivity index (χ1) is 8.79. The summed E-state index contributed by atoms with van der Waals surface area (Å²) in [5.41, 5.74) is 0. The summed E-state index contributed by atoms with van der Waals surface area (Å²) in [5.74, 6) is -0.903. The van der Waals surface area contributed by atoms with Gasteiger partial charge in [0.1, 0.15) is 6.54 Å². The molecule has 1 aliphatic rings. The van der Waals surface area contributed by atoms with Crippen molar-refractivity contribution in [3.8, 4) is 0 Å². The highest BCUT2D eigenvalue weighted by Gasteiger charge is 2.28. The predicted octanol–water partition coefficient (Wildman–Crippen LogP) is 0.265. The average Bonchev–Trinajstić information content (AvgIpc) is 2.85. The third-order valence-corrected chi connectivity index (χ3v) is 2.84. The minimum Gasteiger partial charge on any atom is -0.346 e. The van der Waals surface area contributed by atoms with Gasteiger partial charge in [0.15, 0.2) is 0 Å². The maximum absolute atomic E-state index is 11.9. The molecular formula is C11H18F3N3O2. The van der Waals surface area contributed by atoms with E-state index in [0.29, 0.717) is 13.1 Å². The zero-order valence-corrected chi connectivity index (χ0v) is 10.7. The minimum atomic E-state index is -4.42. The Balaban J connectivity index is 2.23. The van der Waals surface area contributed by atoms with E-state index in [1.54, 1.807) is 17.1 Å². The normalized spacial score (nSPS) is 17.4. The maximum Gasteiger partial charge on any atom is 0.405 e. The van der Waals surface area contributed by atoms with E-state index in [-0.39, 0.29) is 12.5 Å². The van der Waals surface area contributed by atoms with Gasteiger partial charge in [-0.15, -0.1) is 0 Å². The Labute approximate surface area is 109 Å². The van der Waals surface area contributed by atoms with Crippen molar-refractivity contribution in [3.63, 3.8) is 0 Å². The first kappa shape index (κ1) is 15.7. The van der Waals surface area contributed by atoms with Crippen LogP contribution in [0.2, 0.25) is 0 Å². The van der Waals surface area contributed by atoms with Crippen molar-refractivity contribution < 1.29 is 22.8 Å². The molecule has 1 unspecified atom stereocenters. The molecule has 5 nitrogen and oxygen atoms in total. The van der Waals surface area contributed by atoms with Gasteiger partial charge >= 0.3 is 6.18 Å². The van der Waals surface area contributed by atoms with Crippen LogP contribution in [0.3, 0.4) is 0 Å². The quantitative estimate of drug-likeness (QED) is 0.760. The van der Waals surface area contributed by atoms with Gasteiger partial charge in [0.25, 0.3) is 0 Å². The molecular weight excluding hydrogens is 263 g/mol. The second-order valence-electron chi connectivity index (χ2n) is 4.53. The Morgan fingerprint density at radius 3 is 2.37 bits per heavy atom. The molecule has 0 saturated carbocycles. The number of hydrogen-bond acceptors (Lipinski definition) is 3. The Kier molecular flexibility index (Phi) is 5.59. The fourth-order valence-electron chi connectivity index (χ4n) is 1.81. The van der Waals surface area contributed by atoms with Crippen LogP contribution in [0.4, 0.5) is 13.2 Å². The molecule has 19 heavy (non-hydrogen) atoms. The summed E-state index contributed by atoms with van der Waals surface area (Å²) in [5, 5.41) is 4.36. The van der Waals surface area contributed by atoms with Crippen molar-refractivity contribution in [2.75, 3.05) is 26.2 Å². The lowest BCUT2D eigenvalue weighted by Crippen LogP contribution is -2.47. The van der Waals surface area contributed by atoms with Crippen LogP contribution in [0.15, 0.2) is 0 Å². The molecule has 2 amide bonds. The number of carbonyl (C=O) groups excluding carboxylic acids is 2. The first-order valence-corrected chi connectivity index (χ1v) is 6.15. The van der Waals surface area contributed by atoms with Crippen LogP contribution in [0.25, 0.3) is 0 Å². The number of rotatable bonds is 5. The maximum atomic E-state index is 11.9. The molecule has 1 heterocycles. The third kappa shape index (κ3) is 5.91. The monoisotopic (exact) mass is 281 g/mol. The van der Waals surface area contributed by atoms with Gasteiger partial charge in [0.05, 0.1) is 12.6 Å². The molecule has 1 fully saturated rings. The molecule has 2 N–H and O–H groups in total. The number of halogens is 3. The van der Waals surface area contributed by atoms with Gasteiger partial charge in [-0.2, -0.15) is 13.2 Å². The molecule has 0 aromatic heterocycles. The molecule has 1 saturated heterocycles. The van der Waals surface area contributed by atoms with E-state index < -0.39 is 24.7 Å². The van der Waals surface area contributed by atoms with Crippen LogP contribution in [-0.2, 0) is 9.59 Å². The zero-order valence-electron chi connectivity index (χ0n) is 10.7. The second kappa shape index (κ2) is 6.74. The summed E-state index contributed by atoms with van der Waals surface area (Å²) in [6.45, 7) is 1.33. The lowest BCUT2D eigenvalue weighted by atomic mass is 10.3. The number of nitrogens with zero attached hydrogens (tertiary/aromatic N) is 1. The largest absolute Gasteiger partial charge is 0.405 e. The summed E-state index contributed by atoms with van der Waals surface area (Å²) in [7, 11) is 0. The Bertz CT molecular complexity index is 328. The lowest BCUT2D eigenvalue weighted by Gasteiger charge is -2.21. The molecule has 0 aromatic rings. The van der Waals surface area contributed by atoms with Crippen LogP contribution in [-0.4, -0.2) is 55.1 Å². The van der Waals surface area contributed by atoms with Crippen LogP contribution >= 0.6 is 0 Å². The molecule has 110 valence electrons. The van der Waals surface area contributed by atoms with Crippen molar-refractivity contribution in [2.24, 2.45) is 0 Å². The fraction of sp³-hybridized carbons (Fsp3) is 0.818. The summed E-state index contributed by atoms with van der Waals surface area (Å²) in [6, 6.07) is -0.574. The van der Waals surface area contributed by atoms with Gasteiger partial charge in [-0.25, -0.2) is 0 Å². The van der Waals surface area contributed by atoms with Gasteiger partial charge in [-0.1, -0.05) is 0 Å². The summed E-state index contributed by atoms with van der Waals surface area (Å²) in [6.07, 6.45) is -2.50. The number of alkyl halides is 3. The van der Waals surface area contributed by atoms with E-state index in [1.807, 2.05) is 0 Å². The van der Waals surface area contributed by atoms with E-state index in [4.69, 9.17) is 0 Å². The lowest BCUT2D eigenvalue weighted by molar-refractivity contribution is -0.138. The Morgan fingerprint density at radius 1 is 1.26 bits per heavy atom. The van der Waals surface area contributed by atoms with Gasteiger partial charge in [-0.3, -0.25) is 14.9 Å².